The normalized spacial score (nSPS) is 11.6. The van der Waals surface area contributed by atoms with E-state index in [-0.39, 0.29) is 4.90 Å². The zero-order valence-electron chi connectivity index (χ0n) is 12.3. The Kier molecular flexibility index (Phi) is 4.68. The highest BCUT2D eigenvalue weighted by molar-refractivity contribution is 9.10. The lowest BCUT2D eigenvalue weighted by Gasteiger charge is -2.08. The molecule has 0 saturated heterocycles. The zero-order valence-corrected chi connectivity index (χ0v) is 15.5. The Labute approximate surface area is 152 Å². The van der Waals surface area contributed by atoms with Crippen molar-refractivity contribution in [1.29, 1.82) is 0 Å². The molecule has 3 rings (SSSR count). The molecule has 3 N–H and O–H groups in total. The van der Waals surface area contributed by atoms with Crippen molar-refractivity contribution in [3.8, 4) is 5.69 Å². The smallest absolute Gasteiger partial charge is 0.238 e. The zero-order chi connectivity index (χ0) is 17.3. The van der Waals surface area contributed by atoms with Gasteiger partial charge in [-0.25, -0.2) is 13.6 Å². The molecule has 0 unspecified atom stereocenters. The highest BCUT2D eigenvalue weighted by atomic mass is 79.9. The average molecular weight is 425 g/mol. The molecule has 0 aliphatic carbocycles. The molecule has 1 heterocycles. The lowest BCUT2D eigenvalue weighted by atomic mass is 10.1. The van der Waals surface area contributed by atoms with Gasteiger partial charge in [0, 0.05) is 16.6 Å². The van der Waals surface area contributed by atoms with Crippen LogP contribution in [0.2, 0.25) is 0 Å². The third kappa shape index (κ3) is 3.48. The van der Waals surface area contributed by atoms with Crippen molar-refractivity contribution in [2.75, 3.05) is 0 Å². The van der Waals surface area contributed by atoms with Crippen LogP contribution in [0.4, 0.5) is 0 Å². The van der Waals surface area contributed by atoms with Crippen molar-refractivity contribution in [3.05, 3.63) is 69.2 Å². The molecular formula is C15H13BrN4O2S2. The van der Waals surface area contributed by atoms with Crippen LogP contribution in [-0.4, -0.2) is 23.2 Å². The molecule has 0 bridgehead atoms. The summed E-state index contributed by atoms with van der Waals surface area (Å²) in [5, 5.41) is 12.2. The van der Waals surface area contributed by atoms with Crippen LogP contribution >= 0.6 is 28.1 Å². The van der Waals surface area contributed by atoms with E-state index in [0.29, 0.717) is 16.9 Å². The predicted molar refractivity (Wildman–Crippen MR) is 97.1 cm³/mol. The molecular weight excluding hydrogens is 412 g/mol. The maximum absolute atomic E-state index is 11.4. The van der Waals surface area contributed by atoms with Crippen molar-refractivity contribution in [3.63, 3.8) is 0 Å². The molecule has 0 fully saturated rings. The fraction of sp³-hybridized carbons (Fsp3) is 0.0667. The second kappa shape index (κ2) is 6.60. The van der Waals surface area contributed by atoms with Gasteiger partial charge >= 0.3 is 0 Å². The van der Waals surface area contributed by atoms with Gasteiger partial charge < -0.3 is 0 Å². The molecule has 0 amide bonds. The van der Waals surface area contributed by atoms with Gasteiger partial charge in [-0.1, -0.05) is 34.1 Å². The second-order valence-electron chi connectivity index (χ2n) is 5.09. The first-order valence-corrected chi connectivity index (χ1v) is 9.64. The van der Waals surface area contributed by atoms with Crippen LogP contribution < -0.4 is 5.14 Å². The highest BCUT2D eigenvalue weighted by Gasteiger charge is 2.12. The first-order chi connectivity index (χ1) is 11.4. The third-order valence-electron chi connectivity index (χ3n) is 3.47. The Morgan fingerprint density at radius 2 is 1.83 bits per heavy atom. The number of nitrogens with zero attached hydrogens (tertiary/aromatic N) is 2. The molecule has 124 valence electrons. The molecule has 0 radical (unpaired) electrons. The van der Waals surface area contributed by atoms with Gasteiger partial charge in [0.1, 0.15) is 5.82 Å². The van der Waals surface area contributed by atoms with Crippen LogP contribution in [-0.2, 0) is 16.4 Å². The largest absolute Gasteiger partial charge is 0.272 e. The van der Waals surface area contributed by atoms with Crippen LogP contribution in [0.1, 0.15) is 11.4 Å². The fourth-order valence-corrected chi connectivity index (χ4v) is 3.51. The summed E-state index contributed by atoms with van der Waals surface area (Å²) in [7, 11) is -3.73. The van der Waals surface area contributed by atoms with Gasteiger partial charge in [0.2, 0.25) is 10.0 Å². The highest BCUT2D eigenvalue weighted by Crippen LogP contribution is 2.21. The SMILES string of the molecule is NS(=O)(=O)c1ccc(-n2c(Cc3ccccc3Br)n[nH]c2=S)cc1. The number of hydrogen-bond acceptors (Lipinski definition) is 4. The predicted octanol–water partition coefficient (Wildman–Crippen LogP) is 2.93. The van der Waals surface area contributed by atoms with E-state index < -0.39 is 10.0 Å². The van der Waals surface area contributed by atoms with Gasteiger partial charge in [0.15, 0.2) is 4.77 Å². The van der Waals surface area contributed by atoms with E-state index in [1.807, 2.05) is 24.3 Å². The minimum atomic E-state index is -3.73. The molecule has 2 aromatic carbocycles. The Bertz CT molecular complexity index is 1040. The van der Waals surface area contributed by atoms with Gasteiger partial charge in [-0.15, -0.1) is 0 Å². The van der Waals surface area contributed by atoms with E-state index in [4.69, 9.17) is 17.4 Å². The summed E-state index contributed by atoms with van der Waals surface area (Å²) in [6.07, 6.45) is 0.561. The standard InChI is InChI=1S/C15H13BrN4O2S2/c16-13-4-2-1-3-10(13)9-14-18-19-15(23)20(14)11-5-7-12(8-6-11)24(17,21)22/h1-8H,9H2,(H,19,23)(H2,17,21,22). The maximum Gasteiger partial charge on any atom is 0.238 e. The lowest BCUT2D eigenvalue weighted by molar-refractivity contribution is 0.598. The number of sulfonamides is 1. The molecule has 3 aromatic rings. The Hall–Kier alpha value is -1.81. The van der Waals surface area contributed by atoms with Crippen LogP contribution in [0, 0.1) is 4.77 Å². The van der Waals surface area contributed by atoms with Crippen molar-refractivity contribution < 1.29 is 8.42 Å². The summed E-state index contributed by atoms with van der Waals surface area (Å²) < 4.78 is 25.9. The monoisotopic (exact) mass is 424 g/mol. The number of nitrogens with one attached hydrogen (secondary N) is 1. The molecule has 1 aromatic heterocycles. The summed E-state index contributed by atoms with van der Waals surface area (Å²) in [5.74, 6) is 0.718. The summed E-state index contributed by atoms with van der Waals surface area (Å²) in [6, 6.07) is 14.0. The number of halogens is 1. The fourth-order valence-electron chi connectivity index (χ4n) is 2.31. The van der Waals surface area contributed by atoms with Crippen molar-refractivity contribution in [1.82, 2.24) is 14.8 Å². The van der Waals surface area contributed by atoms with Crippen LogP contribution in [0.5, 0.6) is 0 Å². The molecule has 24 heavy (non-hydrogen) atoms. The van der Waals surface area contributed by atoms with Gasteiger partial charge in [0.05, 0.1) is 4.90 Å². The number of rotatable bonds is 4. The molecule has 6 nitrogen and oxygen atoms in total. The number of hydrogen-bond donors (Lipinski definition) is 2. The van der Waals surface area contributed by atoms with E-state index in [2.05, 4.69) is 26.1 Å². The Morgan fingerprint density at radius 1 is 1.17 bits per heavy atom. The first-order valence-electron chi connectivity index (χ1n) is 6.89. The van der Waals surface area contributed by atoms with Gasteiger partial charge in [-0.05, 0) is 48.1 Å². The van der Waals surface area contributed by atoms with Gasteiger partial charge in [-0.3, -0.25) is 9.67 Å². The minimum Gasteiger partial charge on any atom is -0.272 e. The van der Waals surface area contributed by atoms with Crippen LogP contribution in [0.15, 0.2) is 57.9 Å². The van der Waals surface area contributed by atoms with Crippen molar-refractivity contribution in [2.24, 2.45) is 5.14 Å². The molecule has 9 heteroatoms. The first kappa shape index (κ1) is 17.0. The average Bonchev–Trinajstić information content (AvgIpc) is 2.89. The summed E-state index contributed by atoms with van der Waals surface area (Å²) in [5.41, 5.74) is 1.78. The number of aromatic amines is 1. The van der Waals surface area contributed by atoms with E-state index in [1.54, 1.807) is 16.7 Å². The Balaban J connectivity index is 2.02. The molecule has 0 aliphatic heterocycles. The van der Waals surface area contributed by atoms with Gasteiger partial charge in [0.25, 0.3) is 0 Å². The minimum absolute atomic E-state index is 0.0496. The van der Waals surface area contributed by atoms with E-state index in [9.17, 15) is 8.42 Å². The third-order valence-corrected chi connectivity index (χ3v) is 5.45. The van der Waals surface area contributed by atoms with Crippen molar-refractivity contribution >= 4 is 38.2 Å². The lowest BCUT2D eigenvalue weighted by Crippen LogP contribution is -2.12. The molecule has 0 spiro atoms. The quantitative estimate of drug-likeness (QED) is 0.629. The van der Waals surface area contributed by atoms with E-state index in [0.717, 1.165) is 15.9 Å². The second-order valence-corrected chi connectivity index (χ2v) is 7.89. The number of H-pyrrole nitrogens is 1. The van der Waals surface area contributed by atoms with E-state index >= 15 is 0 Å². The van der Waals surface area contributed by atoms with E-state index in [1.165, 1.54) is 12.1 Å². The summed E-state index contributed by atoms with van der Waals surface area (Å²) in [4.78, 5) is 0.0496. The Morgan fingerprint density at radius 3 is 2.46 bits per heavy atom. The van der Waals surface area contributed by atoms with Gasteiger partial charge in [-0.2, -0.15) is 5.10 Å². The van der Waals surface area contributed by atoms with Crippen LogP contribution in [0.25, 0.3) is 5.69 Å². The molecule has 0 aliphatic rings. The topological polar surface area (TPSA) is 93.8 Å². The number of aromatic nitrogens is 3. The van der Waals surface area contributed by atoms with Crippen LogP contribution in [0.3, 0.4) is 0 Å². The number of nitrogens with two attached hydrogens (primary N) is 1. The number of primary sulfonamides is 1. The summed E-state index contributed by atoms with van der Waals surface area (Å²) >= 11 is 8.82. The number of benzene rings is 2. The summed E-state index contributed by atoms with van der Waals surface area (Å²) in [6.45, 7) is 0. The van der Waals surface area contributed by atoms with Crippen molar-refractivity contribution in [2.45, 2.75) is 11.3 Å². The maximum atomic E-state index is 11.4. The molecule has 0 saturated carbocycles. The molecule has 0 atom stereocenters.